The van der Waals surface area contributed by atoms with Crippen LogP contribution in [-0.2, 0) is 19.3 Å². The first kappa shape index (κ1) is 13.9. The lowest BCUT2D eigenvalue weighted by molar-refractivity contribution is 0.0947. The van der Waals surface area contributed by atoms with Gasteiger partial charge in [-0.05, 0) is 44.2 Å². The summed E-state index contributed by atoms with van der Waals surface area (Å²) in [6.45, 7) is 0.640. The third-order valence-corrected chi connectivity index (χ3v) is 3.99. The van der Waals surface area contributed by atoms with Crippen LogP contribution in [0.2, 0.25) is 0 Å². The zero-order valence-electron chi connectivity index (χ0n) is 12.2. The van der Waals surface area contributed by atoms with E-state index in [0.717, 1.165) is 49.1 Å². The van der Waals surface area contributed by atoms with E-state index in [1.54, 1.807) is 6.26 Å². The average Bonchev–Trinajstić information content (AvgIpc) is 3.09. The number of nitrogens with zero attached hydrogens (tertiary/aromatic N) is 1. The van der Waals surface area contributed by atoms with Gasteiger partial charge in [-0.2, -0.15) is 5.10 Å². The van der Waals surface area contributed by atoms with Gasteiger partial charge in [-0.3, -0.25) is 9.89 Å². The highest BCUT2D eigenvalue weighted by Crippen LogP contribution is 2.21. The van der Waals surface area contributed by atoms with E-state index in [1.165, 1.54) is 12.8 Å². The lowest BCUT2D eigenvalue weighted by Gasteiger charge is -2.04. The molecule has 0 saturated carbocycles. The molecule has 1 amide bonds. The average molecular weight is 287 g/mol. The monoisotopic (exact) mass is 287 g/mol. The number of nitrogens with one attached hydrogen (secondary N) is 2. The van der Waals surface area contributed by atoms with E-state index in [1.807, 2.05) is 12.1 Å². The van der Waals surface area contributed by atoms with E-state index in [9.17, 15) is 4.79 Å². The summed E-state index contributed by atoms with van der Waals surface area (Å²) < 4.78 is 5.27. The second-order valence-corrected chi connectivity index (χ2v) is 5.53. The first-order chi connectivity index (χ1) is 10.3. The fourth-order valence-electron chi connectivity index (χ4n) is 2.85. The summed E-state index contributed by atoms with van der Waals surface area (Å²) in [5.41, 5.74) is 2.86. The van der Waals surface area contributed by atoms with Gasteiger partial charge in [0.2, 0.25) is 0 Å². The summed E-state index contributed by atoms with van der Waals surface area (Å²) in [4.78, 5) is 12.2. The minimum Gasteiger partial charge on any atom is -0.469 e. The predicted molar refractivity (Wildman–Crippen MR) is 79.2 cm³/mol. The summed E-state index contributed by atoms with van der Waals surface area (Å²) in [5.74, 6) is 0.895. The Bertz CT molecular complexity index is 587. The Kier molecular flexibility index (Phi) is 4.38. The molecular formula is C16H21N3O2. The van der Waals surface area contributed by atoms with E-state index < -0.39 is 0 Å². The van der Waals surface area contributed by atoms with E-state index in [0.29, 0.717) is 12.2 Å². The number of rotatable bonds is 5. The molecule has 5 heteroatoms. The highest BCUT2D eigenvalue weighted by Gasteiger charge is 2.20. The second-order valence-electron chi connectivity index (χ2n) is 5.53. The van der Waals surface area contributed by atoms with Crippen molar-refractivity contribution in [3.8, 4) is 0 Å². The van der Waals surface area contributed by atoms with Gasteiger partial charge in [-0.25, -0.2) is 0 Å². The zero-order chi connectivity index (χ0) is 14.5. The molecule has 2 heterocycles. The number of aromatic amines is 1. The van der Waals surface area contributed by atoms with Crippen LogP contribution in [-0.4, -0.2) is 22.6 Å². The normalized spacial score (nSPS) is 14.5. The number of H-pyrrole nitrogens is 1. The quantitative estimate of drug-likeness (QED) is 0.656. The summed E-state index contributed by atoms with van der Waals surface area (Å²) >= 11 is 0. The van der Waals surface area contributed by atoms with Gasteiger partial charge < -0.3 is 9.73 Å². The van der Waals surface area contributed by atoms with Gasteiger partial charge in [-0.15, -0.1) is 0 Å². The third kappa shape index (κ3) is 3.35. The van der Waals surface area contributed by atoms with Gasteiger partial charge in [0, 0.05) is 24.2 Å². The molecular weight excluding hydrogens is 266 g/mol. The molecule has 1 aliphatic rings. The molecule has 2 aromatic heterocycles. The van der Waals surface area contributed by atoms with Gasteiger partial charge in [-0.1, -0.05) is 6.42 Å². The van der Waals surface area contributed by atoms with Crippen LogP contribution in [0, 0.1) is 0 Å². The fourth-order valence-corrected chi connectivity index (χ4v) is 2.85. The maximum absolute atomic E-state index is 12.2. The van der Waals surface area contributed by atoms with Crippen molar-refractivity contribution in [1.29, 1.82) is 0 Å². The molecule has 0 saturated heterocycles. The van der Waals surface area contributed by atoms with Crippen LogP contribution in [0.4, 0.5) is 0 Å². The molecule has 3 rings (SSSR count). The molecule has 1 aliphatic carbocycles. The fraction of sp³-hybridized carbons (Fsp3) is 0.500. The van der Waals surface area contributed by atoms with Gasteiger partial charge >= 0.3 is 0 Å². The maximum atomic E-state index is 12.2. The van der Waals surface area contributed by atoms with Crippen molar-refractivity contribution in [3.05, 3.63) is 41.1 Å². The maximum Gasteiger partial charge on any atom is 0.272 e. The van der Waals surface area contributed by atoms with Gasteiger partial charge in [0.05, 0.1) is 6.26 Å². The molecule has 5 nitrogen and oxygen atoms in total. The van der Waals surface area contributed by atoms with E-state index in [4.69, 9.17) is 4.42 Å². The van der Waals surface area contributed by atoms with Crippen molar-refractivity contribution in [3.63, 3.8) is 0 Å². The van der Waals surface area contributed by atoms with Crippen LogP contribution in [0.3, 0.4) is 0 Å². The summed E-state index contributed by atoms with van der Waals surface area (Å²) in [6, 6.07) is 3.84. The summed E-state index contributed by atoms with van der Waals surface area (Å²) in [6.07, 6.45) is 8.90. The molecule has 0 aliphatic heterocycles. The topological polar surface area (TPSA) is 70.9 Å². The number of fused-ring (bicyclic) bond motifs is 1. The van der Waals surface area contributed by atoms with Crippen LogP contribution >= 0.6 is 0 Å². The largest absolute Gasteiger partial charge is 0.469 e. The lowest BCUT2D eigenvalue weighted by Crippen LogP contribution is -2.26. The number of carbonyl (C=O) groups is 1. The van der Waals surface area contributed by atoms with Crippen LogP contribution in [0.15, 0.2) is 22.8 Å². The predicted octanol–water partition coefficient (Wildman–Crippen LogP) is 2.63. The van der Waals surface area contributed by atoms with Gasteiger partial charge in [0.25, 0.3) is 5.91 Å². The van der Waals surface area contributed by atoms with Crippen molar-refractivity contribution < 1.29 is 9.21 Å². The number of carbonyl (C=O) groups excluding carboxylic acids is 1. The molecule has 21 heavy (non-hydrogen) atoms. The lowest BCUT2D eigenvalue weighted by atomic mass is 10.1. The molecule has 2 N–H and O–H groups in total. The number of amides is 1. The van der Waals surface area contributed by atoms with Gasteiger partial charge in [0.1, 0.15) is 5.76 Å². The summed E-state index contributed by atoms with van der Waals surface area (Å²) in [5, 5.41) is 10.2. The number of furan rings is 1. The molecule has 0 spiro atoms. The SMILES string of the molecule is O=C(NCCCc1ccco1)c1n[nH]c2c1CCCCC2. The molecule has 112 valence electrons. The molecule has 0 unspecified atom stereocenters. The standard InChI is InChI=1S/C16H21N3O2/c20-16(17-10-4-6-12-7-5-11-21-12)15-13-8-2-1-3-9-14(13)18-19-15/h5,7,11H,1-4,6,8-10H2,(H,17,20)(H,18,19). The van der Waals surface area contributed by atoms with Crippen LogP contribution < -0.4 is 5.32 Å². The van der Waals surface area contributed by atoms with Crippen molar-refractivity contribution in [2.45, 2.75) is 44.9 Å². The highest BCUT2D eigenvalue weighted by molar-refractivity contribution is 5.93. The minimum absolute atomic E-state index is 0.0613. The Hall–Kier alpha value is -2.04. The van der Waals surface area contributed by atoms with E-state index >= 15 is 0 Å². The van der Waals surface area contributed by atoms with Crippen molar-refractivity contribution >= 4 is 5.91 Å². The van der Waals surface area contributed by atoms with Crippen LogP contribution in [0.25, 0.3) is 0 Å². The third-order valence-electron chi connectivity index (χ3n) is 3.99. The van der Waals surface area contributed by atoms with Crippen LogP contribution in [0.5, 0.6) is 0 Å². The van der Waals surface area contributed by atoms with Crippen LogP contribution in [0.1, 0.15) is 53.2 Å². The Morgan fingerprint density at radius 2 is 2.24 bits per heavy atom. The molecule has 0 aromatic carbocycles. The molecule has 0 atom stereocenters. The Labute approximate surface area is 124 Å². The highest BCUT2D eigenvalue weighted by atomic mass is 16.3. The van der Waals surface area contributed by atoms with E-state index in [-0.39, 0.29) is 5.91 Å². The Morgan fingerprint density at radius 1 is 1.33 bits per heavy atom. The van der Waals surface area contributed by atoms with Crippen molar-refractivity contribution in [1.82, 2.24) is 15.5 Å². The minimum atomic E-state index is -0.0613. The molecule has 0 bridgehead atoms. The molecule has 2 aromatic rings. The summed E-state index contributed by atoms with van der Waals surface area (Å²) in [7, 11) is 0. The van der Waals surface area contributed by atoms with E-state index in [2.05, 4.69) is 15.5 Å². The molecule has 0 radical (unpaired) electrons. The number of aryl methyl sites for hydroxylation is 2. The van der Waals surface area contributed by atoms with Crippen molar-refractivity contribution in [2.24, 2.45) is 0 Å². The first-order valence-electron chi connectivity index (χ1n) is 7.71. The number of hydrogen-bond acceptors (Lipinski definition) is 3. The van der Waals surface area contributed by atoms with Gasteiger partial charge in [0.15, 0.2) is 5.69 Å². The Morgan fingerprint density at radius 3 is 3.10 bits per heavy atom. The zero-order valence-corrected chi connectivity index (χ0v) is 12.2. The van der Waals surface area contributed by atoms with Crippen molar-refractivity contribution in [2.75, 3.05) is 6.54 Å². The second kappa shape index (κ2) is 6.61. The number of aromatic nitrogens is 2. The molecule has 0 fully saturated rings. The Balaban J connectivity index is 1.52. The first-order valence-corrected chi connectivity index (χ1v) is 7.71. The number of hydrogen-bond donors (Lipinski definition) is 2. The smallest absolute Gasteiger partial charge is 0.272 e.